The molecule has 0 fully saturated rings. The molecule has 0 aromatic heterocycles. The fraction of sp³-hybridized carbons (Fsp3) is 0.467. The summed E-state index contributed by atoms with van der Waals surface area (Å²) in [7, 11) is 4.06. The molecule has 0 unspecified atom stereocenters. The number of ether oxygens (including phenoxy) is 3. The first-order chi connectivity index (χ1) is 9.63. The number of fused-ring (bicyclic) bond motifs is 1. The molecule has 0 aliphatic heterocycles. The van der Waals surface area contributed by atoms with Gasteiger partial charge in [-0.15, -0.1) is 0 Å². The highest BCUT2D eigenvalue weighted by atomic mass is 16.5. The monoisotopic (exact) mass is 278 g/mol. The van der Waals surface area contributed by atoms with Crippen LogP contribution >= 0.6 is 0 Å². The predicted octanol–water partition coefficient (Wildman–Crippen LogP) is 2.15. The summed E-state index contributed by atoms with van der Waals surface area (Å²) in [6, 6.07) is 1.73. The van der Waals surface area contributed by atoms with Gasteiger partial charge >= 0.3 is 11.9 Å². The van der Waals surface area contributed by atoms with Crippen molar-refractivity contribution in [2.75, 3.05) is 21.3 Å². The molecule has 1 aliphatic rings. The molecule has 0 bridgehead atoms. The molecule has 0 radical (unpaired) electrons. The van der Waals surface area contributed by atoms with Crippen molar-refractivity contribution in [3.05, 3.63) is 28.3 Å². The van der Waals surface area contributed by atoms with Crippen LogP contribution in [0.2, 0.25) is 0 Å². The highest BCUT2D eigenvalue weighted by molar-refractivity contribution is 6.05. The largest absolute Gasteiger partial charge is 0.496 e. The Balaban J connectivity index is 2.72. The smallest absolute Gasteiger partial charge is 0.342 e. The average Bonchev–Trinajstić information content (AvgIpc) is 2.51. The molecule has 0 saturated carbocycles. The number of carbonyl (C=O) groups is 2. The maximum Gasteiger partial charge on any atom is 0.342 e. The molecule has 20 heavy (non-hydrogen) atoms. The van der Waals surface area contributed by atoms with Crippen LogP contribution in [0.3, 0.4) is 0 Å². The summed E-state index contributed by atoms with van der Waals surface area (Å²) in [5, 5.41) is 0. The third-order valence-corrected chi connectivity index (χ3v) is 3.60. The van der Waals surface area contributed by atoms with Crippen LogP contribution < -0.4 is 4.74 Å². The fourth-order valence-corrected chi connectivity index (χ4v) is 2.67. The van der Waals surface area contributed by atoms with Crippen molar-refractivity contribution in [2.24, 2.45) is 0 Å². The zero-order valence-electron chi connectivity index (χ0n) is 11.9. The fourth-order valence-electron chi connectivity index (χ4n) is 2.67. The normalized spacial score (nSPS) is 13.3. The van der Waals surface area contributed by atoms with Crippen molar-refractivity contribution in [1.29, 1.82) is 0 Å². The molecule has 1 aromatic rings. The first kappa shape index (κ1) is 14.4. The topological polar surface area (TPSA) is 61.8 Å². The van der Waals surface area contributed by atoms with E-state index in [1.54, 1.807) is 6.07 Å². The Labute approximate surface area is 117 Å². The van der Waals surface area contributed by atoms with Crippen LogP contribution in [-0.4, -0.2) is 33.3 Å². The van der Waals surface area contributed by atoms with Crippen molar-refractivity contribution in [2.45, 2.75) is 25.7 Å². The van der Waals surface area contributed by atoms with Gasteiger partial charge in [-0.1, -0.05) is 0 Å². The van der Waals surface area contributed by atoms with Gasteiger partial charge in [-0.25, -0.2) is 9.59 Å². The Morgan fingerprint density at radius 2 is 1.65 bits per heavy atom. The third-order valence-electron chi connectivity index (χ3n) is 3.60. The number of carbonyl (C=O) groups excluding carboxylic acids is 2. The van der Waals surface area contributed by atoms with E-state index in [-0.39, 0.29) is 11.1 Å². The van der Waals surface area contributed by atoms with Gasteiger partial charge in [-0.05, 0) is 42.9 Å². The highest BCUT2D eigenvalue weighted by Crippen LogP contribution is 2.36. The van der Waals surface area contributed by atoms with Gasteiger partial charge in [0.25, 0.3) is 0 Å². The van der Waals surface area contributed by atoms with Crippen molar-refractivity contribution in [3.63, 3.8) is 0 Å². The summed E-state index contributed by atoms with van der Waals surface area (Å²) >= 11 is 0. The van der Waals surface area contributed by atoms with Crippen LogP contribution in [0, 0.1) is 0 Å². The van der Waals surface area contributed by atoms with Crippen LogP contribution in [-0.2, 0) is 22.3 Å². The summed E-state index contributed by atoms with van der Waals surface area (Å²) in [6.07, 6.45) is 3.82. The van der Waals surface area contributed by atoms with Crippen LogP contribution in [0.15, 0.2) is 6.07 Å². The second kappa shape index (κ2) is 5.94. The molecule has 0 N–H and O–H groups in total. The number of benzene rings is 1. The molecule has 2 rings (SSSR count). The summed E-state index contributed by atoms with van der Waals surface area (Å²) in [6.45, 7) is 0. The van der Waals surface area contributed by atoms with E-state index in [1.807, 2.05) is 0 Å². The van der Waals surface area contributed by atoms with Crippen molar-refractivity contribution >= 4 is 11.9 Å². The van der Waals surface area contributed by atoms with E-state index in [9.17, 15) is 9.59 Å². The SMILES string of the molecule is COC(=O)c1cc2c(c(OC)c1C(=O)OC)CCCC2. The minimum absolute atomic E-state index is 0.155. The molecule has 5 heteroatoms. The number of aryl methyl sites for hydroxylation is 1. The van der Waals surface area contributed by atoms with E-state index in [4.69, 9.17) is 14.2 Å². The molecule has 108 valence electrons. The lowest BCUT2D eigenvalue weighted by molar-refractivity contribution is 0.0551. The molecule has 0 atom stereocenters. The zero-order valence-corrected chi connectivity index (χ0v) is 11.9. The predicted molar refractivity (Wildman–Crippen MR) is 72.3 cm³/mol. The van der Waals surface area contributed by atoms with Gasteiger partial charge in [0, 0.05) is 0 Å². The van der Waals surface area contributed by atoms with Crippen molar-refractivity contribution < 1.29 is 23.8 Å². The van der Waals surface area contributed by atoms with Gasteiger partial charge in [-0.2, -0.15) is 0 Å². The van der Waals surface area contributed by atoms with E-state index in [1.165, 1.54) is 21.3 Å². The minimum Gasteiger partial charge on any atom is -0.496 e. The number of esters is 2. The van der Waals surface area contributed by atoms with Crippen molar-refractivity contribution in [1.82, 2.24) is 0 Å². The molecule has 0 amide bonds. The van der Waals surface area contributed by atoms with Gasteiger partial charge < -0.3 is 14.2 Å². The number of hydrogen-bond acceptors (Lipinski definition) is 5. The van der Waals surface area contributed by atoms with Gasteiger partial charge in [0.2, 0.25) is 0 Å². The summed E-state index contributed by atoms with van der Waals surface area (Å²) in [5.74, 6) is -0.706. The van der Waals surface area contributed by atoms with E-state index in [0.29, 0.717) is 5.75 Å². The molecule has 1 aromatic carbocycles. The number of methoxy groups -OCH3 is 3. The lowest BCUT2D eigenvalue weighted by Gasteiger charge is -2.22. The van der Waals surface area contributed by atoms with Crippen LogP contribution in [0.1, 0.15) is 44.7 Å². The molecule has 0 heterocycles. The summed E-state index contributed by atoms with van der Waals surface area (Å²) in [5.41, 5.74) is 2.40. The molecule has 0 saturated heterocycles. The highest BCUT2D eigenvalue weighted by Gasteiger charge is 2.29. The van der Waals surface area contributed by atoms with Crippen LogP contribution in [0.5, 0.6) is 5.75 Å². The van der Waals surface area contributed by atoms with Gasteiger partial charge in [-0.3, -0.25) is 0 Å². The van der Waals surface area contributed by atoms with E-state index < -0.39 is 11.9 Å². The first-order valence-electron chi connectivity index (χ1n) is 6.53. The Bertz CT molecular complexity index is 548. The zero-order chi connectivity index (χ0) is 14.7. The number of hydrogen-bond donors (Lipinski definition) is 0. The third kappa shape index (κ3) is 2.35. The molecule has 5 nitrogen and oxygen atoms in total. The average molecular weight is 278 g/mol. The Hall–Kier alpha value is -2.04. The Morgan fingerprint density at radius 1 is 1.00 bits per heavy atom. The maximum atomic E-state index is 12.0. The Kier molecular flexibility index (Phi) is 4.27. The second-order valence-corrected chi connectivity index (χ2v) is 4.66. The summed E-state index contributed by atoms with van der Waals surface area (Å²) < 4.78 is 14.9. The van der Waals surface area contributed by atoms with Gasteiger partial charge in [0.05, 0.1) is 26.9 Å². The van der Waals surface area contributed by atoms with E-state index in [2.05, 4.69) is 0 Å². The molecular weight excluding hydrogens is 260 g/mol. The number of rotatable bonds is 3. The quantitative estimate of drug-likeness (QED) is 0.793. The van der Waals surface area contributed by atoms with E-state index in [0.717, 1.165) is 36.8 Å². The second-order valence-electron chi connectivity index (χ2n) is 4.66. The van der Waals surface area contributed by atoms with Crippen LogP contribution in [0.25, 0.3) is 0 Å². The lowest BCUT2D eigenvalue weighted by atomic mass is 9.87. The van der Waals surface area contributed by atoms with Gasteiger partial charge in [0.1, 0.15) is 11.3 Å². The van der Waals surface area contributed by atoms with Crippen molar-refractivity contribution in [3.8, 4) is 5.75 Å². The molecule has 1 aliphatic carbocycles. The first-order valence-corrected chi connectivity index (χ1v) is 6.53. The maximum absolute atomic E-state index is 12.0. The van der Waals surface area contributed by atoms with E-state index >= 15 is 0 Å². The standard InChI is InChI=1S/C15H18O5/c1-18-13-10-7-5-4-6-9(10)8-11(14(16)19-2)12(13)15(17)20-3/h8H,4-7H2,1-3H3. The van der Waals surface area contributed by atoms with Crippen LogP contribution in [0.4, 0.5) is 0 Å². The Morgan fingerprint density at radius 3 is 2.25 bits per heavy atom. The lowest BCUT2D eigenvalue weighted by Crippen LogP contribution is -2.17. The summed E-state index contributed by atoms with van der Waals surface area (Å²) in [4.78, 5) is 23.9. The molecular formula is C15H18O5. The van der Waals surface area contributed by atoms with Gasteiger partial charge in [0.15, 0.2) is 0 Å². The molecule has 0 spiro atoms. The minimum atomic E-state index is -0.587.